The lowest BCUT2D eigenvalue weighted by Crippen LogP contribution is -2.39. The molecule has 1 aromatic rings. The molecule has 2 rings (SSSR count). The molecule has 0 amide bonds. The topological polar surface area (TPSA) is 24.5 Å². The van der Waals surface area contributed by atoms with E-state index in [9.17, 15) is 4.39 Å². The molecule has 1 aromatic carbocycles. The molecular formula is C14H21FN2O. The maximum atomic E-state index is 13.7. The highest BCUT2D eigenvalue weighted by atomic mass is 19.1. The van der Waals surface area contributed by atoms with E-state index >= 15 is 0 Å². The number of piperidine rings is 1. The van der Waals surface area contributed by atoms with Gasteiger partial charge in [0.25, 0.3) is 0 Å². The Bertz CT molecular complexity index is 397. The molecule has 1 N–H and O–H groups in total. The molecular weight excluding hydrogens is 231 g/mol. The maximum Gasteiger partial charge on any atom is 0.167 e. The van der Waals surface area contributed by atoms with Gasteiger partial charge in [0.15, 0.2) is 11.6 Å². The van der Waals surface area contributed by atoms with Crippen molar-refractivity contribution in [3.63, 3.8) is 0 Å². The van der Waals surface area contributed by atoms with Gasteiger partial charge in [-0.3, -0.25) is 0 Å². The summed E-state index contributed by atoms with van der Waals surface area (Å²) in [6.45, 7) is 4.49. The summed E-state index contributed by atoms with van der Waals surface area (Å²) in [5, 5.41) is 3.38. The predicted molar refractivity (Wildman–Crippen MR) is 71.7 cm³/mol. The van der Waals surface area contributed by atoms with E-state index in [1.807, 2.05) is 13.0 Å². The van der Waals surface area contributed by atoms with Crippen LogP contribution in [0.15, 0.2) is 18.2 Å². The normalized spacial score (nSPS) is 20.7. The van der Waals surface area contributed by atoms with Crippen molar-refractivity contribution in [1.29, 1.82) is 0 Å². The third-order valence-corrected chi connectivity index (χ3v) is 3.23. The molecule has 0 spiro atoms. The van der Waals surface area contributed by atoms with Gasteiger partial charge in [-0.15, -0.1) is 0 Å². The molecule has 1 aliphatic rings. The Balaban J connectivity index is 1.99. The SMILES string of the molecule is CCOc1ccc(NC2CCCN(C)C2)cc1F. The van der Waals surface area contributed by atoms with Crippen molar-refractivity contribution in [3.8, 4) is 5.75 Å². The zero-order chi connectivity index (χ0) is 13.0. The van der Waals surface area contributed by atoms with Crippen molar-refractivity contribution >= 4 is 5.69 Å². The number of halogens is 1. The van der Waals surface area contributed by atoms with Crippen LogP contribution in [-0.4, -0.2) is 37.7 Å². The second-order valence-electron chi connectivity index (χ2n) is 4.82. The van der Waals surface area contributed by atoms with Crippen LogP contribution in [0.4, 0.5) is 10.1 Å². The Morgan fingerprint density at radius 2 is 2.33 bits per heavy atom. The van der Waals surface area contributed by atoms with E-state index in [4.69, 9.17) is 4.74 Å². The number of rotatable bonds is 4. The first kappa shape index (κ1) is 13.1. The van der Waals surface area contributed by atoms with Crippen LogP contribution in [-0.2, 0) is 0 Å². The van der Waals surface area contributed by atoms with E-state index in [2.05, 4.69) is 17.3 Å². The van der Waals surface area contributed by atoms with Crippen molar-refractivity contribution < 1.29 is 9.13 Å². The van der Waals surface area contributed by atoms with Gasteiger partial charge in [-0.05, 0) is 45.5 Å². The molecule has 0 bridgehead atoms. The first-order valence-electron chi connectivity index (χ1n) is 6.56. The molecule has 1 fully saturated rings. The number of likely N-dealkylation sites (N-methyl/N-ethyl adjacent to an activating group) is 1. The Morgan fingerprint density at radius 1 is 1.50 bits per heavy atom. The van der Waals surface area contributed by atoms with Gasteiger partial charge in [0.1, 0.15) is 0 Å². The molecule has 0 radical (unpaired) electrons. The first-order chi connectivity index (χ1) is 8.69. The Morgan fingerprint density at radius 3 is 3.00 bits per heavy atom. The molecule has 18 heavy (non-hydrogen) atoms. The lowest BCUT2D eigenvalue weighted by Gasteiger charge is -2.30. The zero-order valence-electron chi connectivity index (χ0n) is 11.1. The third kappa shape index (κ3) is 3.35. The van der Waals surface area contributed by atoms with Gasteiger partial charge in [0.2, 0.25) is 0 Å². The lowest BCUT2D eigenvalue weighted by atomic mass is 10.1. The molecule has 0 saturated carbocycles. The third-order valence-electron chi connectivity index (χ3n) is 3.23. The molecule has 1 saturated heterocycles. The van der Waals surface area contributed by atoms with Crippen LogP contribution in [0.1, 0.15) is 19.8 Å². The minimum atomic E-state index is -0.300. The van der Waals surface area contributed by atoms with Crippen LogP contribution in [0.5, 0.6) is 5.75 Å². The van der Waals surface area contributed by atoms with E-state index in [0.717, 1.165) is 25.2 Å². The molecule has 1 heterocycles. The highest BCUT2D eigenvalue weighted by Crippen LogP contribution is 2.22. The molecule has 4 heteroatoms. The van der Waals surface area contributed by atoms with Crippen molar-refractivity contribution in [3.05, 3.63) is 24.0 Å². The summed E-state index contributed by atoms with van der Waals surface area (Å²) >= 11 is 0. The molecule has 3 nitrogen and oxygen atoms in total. The summed E-state index contributed by atoms with van der Waals surface area (Å²) in [4.78, 5) is 2.30. The van der Waals surface area contributed by atoms with Gasteiger partial charge in [-0.25, -0.2) is 4.39 Å². The van der Waals surface area contributed by atoms with E-state index in [-0.39, 0.29) is 5.82 Å². The van der Waals surface area contributed by atoms with Gasteiger partial charge in [0, 0.05) is 24.3 Å². The zero-order valence-corrected chi connectivity index (χ0v) is 11.1. The van der Waals surface area contributed by atoms with Gasteiger partial charge >= 0.3 is 0 Å². The van der Waals surface area contributed by atoms with Crippen molar-refractivity contribution in [2.24, 2.45) is 0 Å². The van der Waals surface area contributed by atoms with Crippen LogP contribution in [0.2, 0.25) is 0 Å². The van der Waals surface area contributed by atoms with Gasteiger partial charge in [-0.1, -0.05) is 0 Å². The van der Waals surface area contributed by atoms with Gasteiger partial charge < -0.3 is 15.0 Å². The van der Waals surface area contributed by atoms with Crippen LogP contribution in [0, 0.1) is 5.82 Å². The summed E-state index contributed by atoms with van der Waals surface area (Å²) in [5.41, 5.74) is 0.830. The second-order valence-corrected chi connectivity index (χ2v) is 4.82. The summed E-state index contributed by atoms with van der Waals surface area (Å²) in [7, 11) is 2.12. The van der Waals surface area contributed by atoms with Crippen molar-refractivity contribution in [2.75, 3.05) is 32.1 Å². The molecule has 0 aromatic heterocycles. The molecule has 1 aliphatic heterocycles. The second kappa shape index (κ2) is 6.05. The number of nitrogens with one attached hydrogen (secondary N) is 1. The number of nitrogens with zero attached hydrogens (tertiary/aromatic N) is 1. The number of anilines is 1. The minimum Gasteiger partial charge on any atom is -0.491 e. The molecule has 0 aliphatic carbocycles. The fourth-order valence-corrected chi connectivity index (χ4v) is 2.38. The summed E-state index contributed by atoms with van der Waals surface area (Å²) in [5.74, 6) is 0.0230. The van der Waals surface area contributed by atoms with Crippen LogP contribution < -0.4 is 10.1 Å². The van der Waals surface area contributed by atoms with E-state index < -0.39 is 0 Å². The van der Waals surface area contributed by atoms with E-state index in [0.29, 0.717) is 18.4 Å². The number of hydrogen-bond acceptors (Lipinski definition) is 3. The fourth-order valence-electron chi connectivity index (χ4n) is 2.38. The largest absolute Gasteiger partial charge is 0.491 e. The Hall–Kier alpha value is -1.29. The molecule has 100 valence electrons. The average molecular weight is 252 g/mol. The predicted octanol–water partition coefficient (Wildman–Crippen LogP) is 2.73. The average Bonchev–Trinajstić information content (AvgIpc) is 2.33. The fraction of sp³-hybridized carbons (Fsp3) is 0.571. The van der Waals surface area contributed by atoms with Gasteiger partial charge in [0.05, 0.1) is 6.61 Å². The smallest absolute Gasteiger partial charge is 0.167 e. The monoisotopic (exact) mass is 252 g/mol. The van der Waals surface area contributed by atoms with Crippen molar-refractivity contribution in [1.82, 2.24) is 4.90 Å². The summed E-state index contributed by atoms with van der Waals surface area (Å²) < 4.78 is 18.9. The Kier molecular flexibility index (Phi) is 4.42. The highest BCUT2D eigenvalue weighted by molar-refractivity contribution is 5.48. The van der Waals surface area contributed by atoms with Crippen LogP contribution in [0.25, 0.3) is 0 Å². The standard InChI is InChI=1S/C14H21FN2O/c1-3-18-14-7-6-11(9-13(14)15)16-12-5-4-8-17(2)10-12/h6-7,9,12,16H,3-5,8,10H2,1-2H3. The highest BCUT2D eigenvalue weighted by Gasteiger charge is 2.17. The first-order valence-corrected chi connectivity index (χ1v) is 6.56. The molecule has 1 unspecified atom stereocenters. The summed E-state index contributed by atoms with van der Waals surface area (Å²) in [6, 6.07) is 5.48. The van der Waals surface area contributed by atoms with Gasteiger partial charge in [-0.2, -0.15) is 0 Å². The lowest BCUT2D eigenvalue weighted by molar-refractivity contribution is 0.261. The Labute approximate surface area is 108 Å². The van der Waals surface area contributed by atoms with E-state index in [1.54, 1.807) is 6.07 Å². The molecule has 1 atom stereocenters. The minimum absolute atomic E-state index is 0.300. The van der Waals surface area contributed by atoms with Crippen LogP contribution in [0.3, 0.4) is 0 Å². The van der Waals surface area contributed by atoms with Crippen molar-refractivity contribution in [2.45, 2.75) is 25.8 Å². The van der Waals surface area contributed by atoms with Crippen LogP contribution >= 0.6 is 0 Å². The number of ether oxygens (including phenoxy) is 1. The number of benzene rings is 1. The summed E-state index contributed by atoms with van der Waals surface area (Å²) in [6.07, 6.45) is 2.33. The number of hydrogen-bond donors (Lipinski definition) is 1. The van der Waals surface area contributed by atoms with E-state index in [1.165, 1.54) is 12.5 Å². The number of likely N-dealkylation sites (tertiary alicyclic amines) is 1. The quantitative estimate of drug-likeness (QED) is 0.891. The maximum absolute atomic E-state index is 13.7.